The summed E-state index contributed by atoms with van der Waals surface area (Å²) in [4.78, 5) is 10.7. The van der Waals surface area contributed by atoms with Gasteiger partial charge in [0, 0.05) is 17.0 Å². The van der Waals surface area contributed by atoms with E-state index in [1.54, 1.807) is 24.4 Å². The Bertz CT molecular complexity index is 1310. The summed E-state index contributed by atoms with van der Waals surface area (Å²) in [5.74, 6) is 0.749. The molecule has 1 unspecified atom stereocenters. The van der Waals surface area contributed by atoms with Gasteiger partial charge >= 0.3 is 0 Å². The number of phenolic OH excluding ortho intramolecular Hbond substituents is 1. The first-order valence-corrected chi connectivity index (χ1v) is 15.1. The molecule has 2 aliphatic carbocycles. The number of thioether (sulfide) groups is 1. The number of rotatable bonds is 7. The predicted octanol–water partition coefficient (Wildman–Crippen LogP) is 7.47. The number of benzene rings is 1. The largest absolute Gasteiger partial charge is 0.507 e. The van der Waals surface area contributed by atoms with E-state index in [2.05, 4.69) is 45.8 Å². The maximum Gasteiger partial charge on any atom is 0.185 e. The zero-order valence-corrected chi connectivity index (χ0v) is 23.9. The van der Waals surface area contributed by atoms with Crippen LogP contribution >= 0.6 is 11.8 Å². The number of aromatic nitrogens is 4. The lowest BCUT2D eigenvalue weighted by Gasteiger charge is -2.45. The molecule has 0 amide bonds. The molecule has 0 spiro atoms. The minimum atomic E-state index is -0.968. The molecule has 9 heteroatoms. The van der Waals surface area contributed by atoms with E-state index >= 15 is 4.39 Å². The maximum atomic E-state index is 16.3. The van der Waals surface area contributed by atoms with Crippen LogP contribution in [-0.2, 0) is 0 Å². The van der Waals surface area contributed by atoms with Crippen LogP contribution in [-0.4, -0.2) is 49.8 Å². The predicted molar refractivity (Wildman–Crippen MR) is 152 cm³/mol. The molecule has 1 aromatic carbocycles. The number of halogens is 2. The molecule has 2 heterocycles. The zero-order chi connectivity index (χ0) is 27.7. The van der Waals surface area contributed by atoms with Gasteiger partial charge in [0.15, 0.2) is 11.6 Å². The number of hydrogen-bond acceptors (Lipinski definition) is 7. The Morgan fingerprint density at radius 2 is 1.90 bits per heavy atom. The first kappa shape index (κ1) is 27.7. The average Bonchev–Trinajstić information content (AvgIpc) is 3.77. The number of phenols is 1. The first-order valence-electron chi connectivity index (χ1n) is 13.9. The molecule has 1 N–H and O–H groups in total. The lowest BCUT2D eigenvalue weighted by Crippen LogP contribution is -2.51. The average molecular weight is 554 g/mol. The van der Waals surface area contributed by atoms with E-state index < -0.39 is 12.0 Å². The summed E-state index contributed by atoms with van der Waals surface area (Å²) >= 11 is 1.42. The third kappa shape index (κ3) is 5.74. The van der Waals surface area contributed by atoms with E-state index in [0.717, 1.165) is 44.9 Å². The fraction of sp³-hybridized carbons (Fsp3) is 0.533. The van der Waals surface area contributed by atoms with Gasteiger partial charge in [-0.3, -0.25) is 0 Å². The van der Waals surface area contributed by atoms with Crippen molar-refractivity contribution in [1.29, 1.82) is 0 Å². The second-order valence-electron chi connectivity index (χ2n) is 11.4. The molecule has 2 aromatic heterocycles. The highest BCUT2D eigenvalue weighted by Crippen LogP contribution is 2.45. The molecule has 6 nitrogen and oxygen atoms in total. The highest BCUT2D eigenvalue weighted by atomic mass is 32.2. The normalized spacial score (nSPS) is 25.6. The summed E-state index contributed by atoms with van der Waals surface area (Å²) in [7, 11) is 0. The SMILES string of the molecule is CC[C@]1(C)CCCC(C)C[C@H](N(c2cnc(-c3ccc(-c4cc(SC)ncc4F)cc3O)nn2)C2CC2)[C@@H]1F. The summed E-state index contributed by atoms with van der Waals surface area (Å²) in [6.45, 7) is 6.40. The van der Waals surface area contributed by atoms with Crippen LogP contribution in [0.4, 0.5) is 14.6 Å². The number of pyridine rings is 1. The van der Waals surface area contributed by atoms with Crippen LogP contribution in [0.2, 0.25) is 0 Å². The van der Waals surface area contributed by atoms with Crippen LogP contribution in [0.25, 0.3) is 22.5 Å². The summed E-state index contributed by atoms with van der Waals surface area (Å²) in [5, 5.41) is 20.3. The Morgan fingerprint density at radius 1 is 1.10 bits per heavy atom. The van der Waals surface area contributed by atoms with Gasteiger partial charge in [-0.15, -0.1) is 22.0 Å². The molecule has 4 atom stereocenters. The van der Waals surface area contributed by atoms with E-state index in [1.165, 1.54) is 24.0 Å². The quantitative estimate of drug-likeness (QED) is 0.304. The van der Waals surface area contributed by atoms with Crippen molar-refractivity contribution in [1.82, 2.24) is 20.2 Å². The van der Waals surface area contributed by atoms with E-state index in [-0.39, 0.29) is 29.1 Å². The minimum absolute atomic E-state index is 0.0700. The van der Waals surface area contributed by atoms with Crippen molar-refractivity contribution >= 4 is 17.6 Å². The van der Waals surface area contributed by atoms with Crippen molar-refractivity contribution in [3.8, 4) is 28.3 Å². The smallest absolute Gasteiger partial charge is 0.185 e. The molecular formula is C30H37F2N5OS. The molecule has 2 saturated carbocycles. The van der Waals surface area contributed by atoms with Gasteiger partial charge in [-0.1, -0.05) is 39.7 Å². The monoisotopic (exact) mass is 553 g/mol. The lowest BCUT2D eigenvalue weighted by molar-refractivity contribution is 0.0577. The van der Waals surface area contributed by atoms with Gasteiger partial charge in [-0.05, 0) is 68.0 Å². The molecule has 0 saturated heterocycles. The summed E-state index contributed by atoms with van der Waals surface area (Å²) in [6.07, 6.45) is 10.4. The molecule has 0 radical (unpaired) electrons. The number of aromatic hydroxyl groups is 1. The van der Waals surface area contributed by atoms with Crippen molar-refractivity contribution < 1.29 is 13.9 Å². The number of hydrogen-bond donors (Lipinski definition) is 1. The van der Waals surface area contributed by atoms with Crippen LogP contribution < -0.4 is 4.90 Å². The molecular weight excluding hydrogens is 516 g/mol. The Labute approximate surface area is 233 Å². The van der Waals surface area contributed by atoms with Gasteiger partial charge in [-0.25, -0.2) is 18.7 Å². The van der Waals surface area contributed by atoms with Crippen molar-refractivity contribution in [3.63, 3.8) is 0 Å². The van der Waals surface area contributed by atoms with Gasteiger partial charge in [0.2, 0.25) is 0 Å². The molecule has 208 valence electrons. The number of anilines is 1. The topological polar surface area (TPSA) is 75.0 Å². The molecule has 39 heavy (non-hydrogen) atoms. The van der Waals surface area contributed by atoms with Crippen molar-refractivity contribution in [3.05, 3.63) is 42.5 Å². The highest BCUT2D eigenvalue weighted by Gasteiger charge is 2.46. The molecule has 5 rings (SSSR count). The Morgan fingerprint density at radius 3 is 2.54 bits per heavy atom. The Balaban J connectivity index is 1.43. The van der Waals surface area contributed by atoms with Gasteiger partial charge < -0.3 is 10.0 Å². The summed E-state index contributed by atoms with van der Waals surface area (Å²) in [6, 6.07) is 6.53. The van der Waals surface area contributed by atoms with Crippen LogP contribution in [0.5, 0.6) is 5.75 Å². The van der Waals surface area contributed by atoms with Crippen molar-refractivity contribution in [2.45, 2.75) is 89.0 Å². The molecule has 2 fully saturated rings. The van der Waals surface area contributed by atoms with Gasteiger partial charge in [0.25, 0.3) is 0 Å². The van der Waals surface area contributed by atoms with Crippen molar-refractivity contribution in [2.75, 3.05) is 11.2 Å². The fourth-order valence-corrected chi connectivity index (χ4v) is 6.26. The number of alkyl halides is 1. The summed E-state index contributed by atoms with van der Waals surface area (Å²) < 4.78 is 30.8. The van der Waals surface area contributed by atoms with Gasteiger partial charge in [-0.2, -0.15) is 0 Å². The van der Waals surface area contributed by atoms with Crippen LogP contribution in [0.1, 0.15) is 65.7 Å². The lowest BCUT2D eigenvalue weighted by atomic mass is 9.71. The third-order valence-corrected chi connectivity index (χ3v) is 9.24. The molecule has 0 aliphatic heterocycles. The van der Waals surface area contributed by atoms with Crippen LogP contribution in [0, 0.1) is 17.2 Å². The maximum absolute atomic E-state index is 16.3. The molecule has 3 aromatic rings. The molecule has 0 bridgehead atoms. The fourth-order valence-electron chi connectivity index (χ4n) is 5.86. The first-order chi connectivity index (χ1) is 18.7. The van der Waals surface area contributed by atoms with Crippen LogP contribution in [0.15, 0.2) is 41.7 Å². The zero-order valence-electron chi connectivity index (χ0n) is 23.1. The Kier molecular flexibility index (Phi) is 8.08. The standard InChI is InChI=1S/C30H37F2N5OS/c1-5-30(3)12-6-7-18(2)13-24(28(30)32)37(20-9-10-20)26-17-34-29(36-35-26)21-11-8-19(14-25(21)38)22-15-27(39-4)33-16-23(22)31/h8,11,14-18,20,24,28,38H,5-7,9-10,12-13H2,1-4H3/t18?,24-,28-,30+/m0/s1. The van der Waals surface area contributed by atoms with Crippen LogP contribution in [0.3, 0.4) is 0 Å². The van der Waals surface area contributed by atoms with Crippen molar-refractivity contribution in [2.24, 2.45) is 11.3 Å². The van der Waals surface area contributed by atoms with Gasteiger partial charge in [0.1, 0.15) is 17.7 Å². The van der Waals surface area contributed by atoms with E-state index in [0.29, 0.717) is 33.5 Å². The second-order valence-corrected chi connectivity index (χ2v) is 12.3. The van der Waals surface area contributed by atoms with E-state index in [1.807, 2.05) is 6.26 Å². The van der Waals surface area contributed by atoms with E-state index in [9.17, 15) is 9.50 Å². The highest BCUT2D eigenvalue weighted by molar-refractivity contribution is 7.98. The minimum Gasteiger partial charge on any atom is -0.507 e. The summed E-state index contributed by atoms with van der Waals surface area (Å²) in [5.41, 5.74) is 0.926. The second kappa shape index (κ2) is 11.4. The Hall–Kier alpha value is -2.81. The third-order valence-electron chi connectivity index (χ3n) is 8.60. The van der Waals surface area contributed by atoms with Gasteiger partial charge in [0.05, 0.1) is 29.0 Å². The van der Waals surface area contributed by atoms with E-state index in [4.69, 9.17) is 0 Å². The molecule has 2 aliphatic rings. The number of nitrogens with zero attached hydrogens (tertiary/aromatic N) is 5.